The Morgan fingerprint density at radius 2 is 2.09 bits per heavy atom. The lowest BCUT2D eigenvalue weighted by Crippen LogP contribution is -2.60. The number of aliphatic carboxylic acids is 1. The molecule has 0 aliphatic carbocycles. The number of carboxylic acid groups (broad SMARTS) is 1. The third-order valence-electron chi connectivity index (χ3n) is 3.91. The third-order valence-corrected chi connectivity index (χ3v) is 5.32. The van der Waals surface area contributed by atoms with Crippen LogP contribution in [0.25, 0.3) is 4.91 Å². The Kier molecular flexibility index (Phi) is 3.65. The Morgan fingerprint density at radius 1 is 1.39 bits per heavy atom. The number of aliphatic hydroxyl groups excluding tert-OH is 1. The summed E-state index contributed by atoms with van der Waals surface area (Å²) in [5.74, 6) is -2.88. The maximum Gasteiger partial charge on any atom is 0.353 e. The molecule has 0 radical (unpaired) electrons. The minimum Gasteiger partial charge on any atom is -0.477 e. The van der Waals surface area contributed by atoms with Gasteiger partial charge < -0.3 is 15.9 Å². The van der Waals surface area contributed by atoms with Gasteiger partial charge in [0.05, 0.1) is 12.0 Å². The van der Waals surface area contributed by atoms with Gasteiger partial charge in [-0.2, -0.15) is 0 Å². The number of carboxylic acids is 1. The van der Waals surface area contributed by atoms with Crippen LogP contribution in [0.4, 0.5) is 0 Å². The van der Waals surface area contributed by atoms with Crippen molar-refractivity contribution in [2.45, 2.75) is 18.4 Å². The van der Waals surface area contributed by atoms with E-state index in [1.54, 1.807) is 12.1 Å². The molecule has 2 heterocycles. The first-order chi connectivity index (χ1) is 10.8. The van der Waals surface area contributed by atoms with E-state index < -0.39 is 35.2 Å². The number of nitrogens with zero attached hydrogens (tertiary/aromatic N) is 1. The number of carbonyl (C=O) groups excluding carboxylic acids is 2. The highest BCUT2D eigenvalue weighted by molar-refractivity contribution is 8.09. The highest BCUT2D eigenvalue weighted by Crippen LogP contribution is 2.53. The number of hydrogen-bond acceptors (Lipinski definition) is 5. The number of hydrogen-bond donors (Lipinski definition) is 3. The monoisotopic (exact) mass is 334 g/mol. The Balaban J connectivity index is 2.05. The summed E-state index contributed by atoms with van der Waals surface area (Å²) in [6, 6.07) is 6.30. The van der Waals surface area contributed by atoms with E-state index in [9.17, 15) is 24.6 Å². The molecule has 0 bridgehead atoms. The molecule has 0 spiro atoms. The van der Waals surface area contributed by atoms with Crippen LogP contribution >= 0.6 is 11.8 Å². The summed E-state index contributed by atoms with van der Waals surface area (Å²) in [6.45, 7) is 1.51. The molecular formula is C15H14N2O5S. The molecule has 0 unspecified atom stereocenters. The number of aliphatic hydroxyl groups is 1. The van der Waals surface area contributed by atoms with Crippen molar-refractivity contribution in [3.8, 4) is 0 Å². The summed E-state index contributed by atoms with van der Waals surface area (Å²) in [6.07, 6.45) is -0.859. The average Bonchev–Trinajstić information content (AvgIpc) is 2.82. The van der Waals surface area contributed by atoms with Crippen LogP contribution in [0.3, 0.4) is 0 Å². The zero-order valence-corrected chi connectivity index (χ0v) is 12.9. The van der Waals surface area contributed by atoms with Gasteiger partial charge in [0.1, 0.15) is 11.1 Å². The van der Waals surface area contributed by atoms with Crippen LogP contribution in [0, 0.1) is 5.92 Å². The van der Waals surface area contributed by atoms with E-state index in [4.69, 9.17) is 5.73 Å². The second kappa shape index (κ2) is 5.39. The van der Waals surface area contributed by atoms with Crippen LogP contribution < -0.4 is 5.73 Å². The van der Waals surface area contributed by atoms with Gasteiger partial charge in [-0.05, 0) is 24.6 Å². The van der Waals surface area contributed by atoms with E-state index in [1.807, 2.05) is 0 Å². The minimum atomic E-state index is -1.23. The molecule has 1 aromatic carbocycles. The number of rotatable bonds is 4. The molecule has 23 heavy (non-hydrogen) atoms. The average molecular weight is 334 g/mol. The van der Waals surface area contributed by atoms with Crippen LogP contribution in [0.1, 0.15) is 22.8 Å². The molecule has 120 valence electrons. The second-order valence-corrected chi connectivity index (χ2v) is 6.54. The summed E-state index contributed by atoms with van der Waals surface area (Å²) < 4.78 is 0. The molecule has 0 aromatic heterocycles. The van der Waals surface area contributed by atoms with Gasteiger partial charge in [0.15, 0.2) is 0 Å². The fourth-order valence-electron chi connectivity index (χ4n) is 2.80. The van der Waals surface area contributed by atoms with Crippen molar-refractivity contribution in [1.29, 1.82) is 0 Å². The predicted octanol–water partition coefficient (Wildman–Crippen LogP) is 0.451. The number of carbonyl (C=O) groups is 3. The fourth-order valence-corrected chi connectivity index (χ4v) is 4.41. The summed E-state index contributed by atoms with van der Waals surface area (Å²) in [5, 5.41) is 18.7. The number of thioether (sulfide) groups is 1. The van der Waals surface area contributed by atoms with Crippen molar-refractivity contribution >= 4 is 34.5 Å². The molecule has 3 atom stereocenters. The van der Waals surface area contributed by atoms with E-state index in [0.29, 0.717) is 10.5 Å². The number of benzene rings is 1. The first kappa shape index (κ1) is 15.6. The molecule has 1 saturated heterocycles. The standard InChI is InChI=1S/C15H14N2O5S/c1-6(18)9-13(20)17-10(15(21)22)11(23-14(9)17)7-3-2-4-8(5-7)12(16)19/h2-6,9,14,18H,1H3,(H2,16,19)(H,21,22)/t6-,9+,14-/m1/s1. The van der Waals surface area contributed by atoms with Crippen molar-refractivity contribution in [2.75, 3.05) is 0 Å². The molecule has 1 aromatic rings. The normalized spacial score (nSPS) is 24.3. The number of nitrogens with two attached hydrogens (primary N) is 1. The van der Waals surface area contributed by atoms with Crippen molar-refractivity contribution < 1.29 is 24.6 Å². The SMILES string of the molecule is C[C@@H](O)[C@H]1C(=O)N2C(C(=O)O)=C(c3cccc(C(N)=O)c3)S[C@H]12. The summed E-state index contributed by atoms with van der Waals surface area (Å²) >= 11 is 1.20. The topological polar surface area (TPSA) is 121 Å². The van der Waals surface area contributed by atoms with Crippen molar-refractivity contribution in [2.24, 2.45) is 11.7 Å². The molecular weight excluding hydrogens is 320 g/mol. The number of amides is 2. The maximum atomic E-state index is 12.1. The van der Waals surface area contributed by atoms with Gasteiger partial charge in [-0.25, -0.2) is 4.79 Å². The Hall–Kier alpha value is -2.32. The summed E-state index contributed by atoms with van der Waals surface area (Å²) in [5.41, 5.74) is 5.90. The van der Waals surface area contributed by atoms with Gasteiger partial charge >= 0.3 is 5.97 Å². The van der Waals surface area contributed by atoms with Crippen LogP contribution in [-0.4, -0.2) is 44.4 Å². The largest absolute Gasteiger partial charge is 0.477 e. The Bertz CT molecular complexity index is 758. The van der Waals surface area contributed by atoms with E-state index in [2.05, 4.69) is 0 Å². The van der Waals surface area contributed by atoms with Gasteiger partial charge in [-0.15, -0.1) is 0 Å². The second-order valence-electron chi connectivity index (χ2n) is 5.41. The third kappa shape index (κ3) is 2.30. The molecule has 2 amide bonds. The molecule has 2 aliphatic rings. The zero-order chi connectivity index (χ0) is 16.9. The Morgan fingerprint density at radius 3 is 2.65 bits per heavy atom. The smallest absolute Gasteiger partial charge is 0.353 e. The number of fused-ring (bicyclic) bond motifs is 1. The van der Waals surface area contributed by atoms with Gasteiger partial charge in [0.2, 0.25) is 11.8 Å². The molecule has 7 nitrogen and oxygen atoms in total. The van der Waals surface area contributed by atoms with Crippen molar-refractivity contribution in [3.05, 3.63) is 41.1 Å². The predicted molar refractivity (Wildman–Crippen MR) is 82.9 cm³/mol. The molecule has 8 heteroatoms. The quantitative estimate of drug-likeness (QED) is 0.688. The summed E-state index contributed by atoms with van der Waals surface area (Å²) in [7, 11) is 0. The van der Waals surface area contributed by atoms with Crippen LogP contribution in [0.2, 0.25) is 0 Å². The minimum absolute atomic E-state index is 0.122. The first-order valence-corrected chi connectivity index (χ1v) is 7.76. The van der Waals surface area contributed by atoms with E-state index >= 15 is 0 Å². The van der Waals surface area contributed by atoms with E-state index in [-0.39, 0.29) is 11.3 Å². The molecule has 3 rings (SSSR count). The fraction of sp³-hybridized carbons (Fsp3) is 0.267. The maximum absolute atomic E-state index is 12.1. The molecule has 1 fully saturated rings. The first-order valence-electron chi connectivity index (χ1n) is 6.88. The highest BCUT2D eigenvalue weighted by atomic mass is 32.2. The summed E-state index contributed by atoms with van der Waals surface area (Å²) in [4.78, 5) is 36.6. The molecule has 0 saturated carbocycles. The number of primary amides is 1. The van der Waals surface area contributed by atoms with E-state index in [1.165, 1.54) is 35.7 Å². The van der Waals surface area contributed by atoms with Crippen molar-refractivity contribution in [3.63, 3.8) is 0 Å². The van der Waals surface area contributed by atoms with Crippen LogP contribution in [-0.2, 0) is 9.59 Å². The molecule has 2 aliphatic heterocycles. The van der Waals surface area contributed by atoms with Gasteiger partial charge in [0.25, 0.3) is 0 Å². The van der Waals surface area contributed by atoms with Gasteiger partial charge in [0, 0.05) is 10.5 Å². The Labute approximate surface area is 135 Å². The van der Waals surface area contributed by atoms with Crippen LogP contribution in [0.5, 0.6) is 0 Å². The van der Waals surface area contributed by atoms with Gasteiger partial charge in [-0.3, -0.25) is 14.5 Å². The lowest BCUT2D eigenvalue weighted by Gasteiger charge is -2.43. The van der Waals surface area contributed by atoms with E-state index in [0.717, 1.165) is 0 Å². The van der Waals surface area contributed by atoms with Crippen molar-refractivity contribution in [1.82, 2.24) is 4.90 Å². The lowest BCUT2D eigenvalue weighted by atomic mass is 9.92. The zero-order valence-electron chi connectivity index (χ0n) is 12.1. The van der Waals surface area contributed by atoms with Gasteiger partial charge in [-0.1, -0.05) is 23.9 Å². The number of β-lactam (4-membered cyclic amide) rings is 1. The van der Waals surface area contributed by atoms with Crippen LogP contribution in [0.15, 0.2) is 30.0 Å². The lowest BCUT2D eigenvalue weighted by molar-refractivity contribution is -0.156. The molecule has 4 N–H and O–H groups in total. The highest BCUT2D eigenvalue weighted by Gasteiger charge is 2.57.